The van der Waals surface area contributed by atoms with Gasteiger partial charge in [0.1, 0.15) is 5.56 Å². The lowest BCUT2D eigenvalue weighted by molar-refractivity contribution is -0.112. The molecule has 3 aliphatic heterocycles. The van der Waals surface area contributed by atoms with Gasteiger partial charge in [0.15, 0.2) is 17.7 Å². The molecule has 1 aromatic heterocycles. The van der Waals surface area contributed by atoms with Crippen molar-refractivity contribution in [3.05, 3.63) is 63.1 Å². The Morgan fingerprint density at radius 1 is 1.17 bits per heavy atom. The van der Waals surface area contributed by atoms with Crippen LogP contribution in [0.25, 0.3) is 0 Å². The number of carbonyl (C=O) groups is 2. The van der Waals surface area contributed by atoms with Crippen LogP contribution in [0.5, 0.6) is 5.75 Å². The predicted octanol–water partition coefficient (Wildman–Crippen LogP) is 1.30. The van der Waals surface area contributed by atoms with Crippen LogP contribution in [-0.2, 0) is 24.4 Å². The lowest BCUT2D eigenvalue weighted by Crippen LogP contribution is -2.57. The molecular weight excluding hydrogens is 374 g/mol. The maximum absolute atomic E-state index is 13.1. The predicted molar refractivity (Wildman–Crippen MR) is 102 cm³/mol. The summed E-state index contributed by atoms with van der Waals surface area (Å²) >= 11 is 0. The number of pyridine rings is 1. The van der Waals surface area contributed by atoms with Gasteiger partial charge in [-0.2, -0.15) is 0 Å². The number of aromatic nitrogens is 1. The van der Waals surface area contributed by atoms with E-state index in [1.165, 1.54) is 10.8 Å². The molecule has 5 rings (SSSR count). The number of hydrogen-bond acceptors (Lipinski definition) is 5. The molecule has 0 spiro atoms. The van der Waals surface area contributed by atoms with E-state index in [0.29, 0.717) is 26.1 Å². The fourth-order valence-corrected chi connectivity index (χ4v) is 4.46. The topological polar surface area (TPSA) is 92.1 Å². The van der Waals surface area contributed by atoms with E-state index < -0.39 is 29.2 Å². The van der Waals surface area contributed by atoms with Gasteiger partial charge in [0.2, 0.25) is 5.43 Å². The molecule has 29 heavy (non-hydrogen) atoms. The highest BCUT2D eigenvalue weighted by atomic mass is 16.5. The van der Waals surface area contributed by atoms with Crippen molar-refractivity contribution >= 4 is 11.8 Å². The molecule has 4 heterocycles. The Morgan fingerprint density at radius 3 is 2.55 bits per heavy atom. The molecule has 1 saturated heterocycles. The second kappa shape index (κ2) is 6.45. The summed E-state index contributed by atoms with van der Waals surface area (Å²) < 4.78 is 7.20. The van der Waals surface area contributed by atoms with E-state index in [4.69, 9.17) is 4.74 Å². The van der Waals surface area contributed by atoms with E-state index in [0.717, 1.165) is 11.1 Å². The molecule has 2 aromatic rings. The van der Waals surface area contributed by atoms with Crippen LogP contribution in [0.3, 0.4) is 0 Å². The summed E-state index contributed by atoms with van der Waals surface area (Å²) in [5, 5.41) is 10.5. The van der Waals surface area contributed by atoms with E-state index in [1.54, 1.807) is 9.80 Å². The number of benzene rings is 1. The first kappa shape index (κ1) is 17.9. The zero-order valence-corrected chi connectivity index (χ0v) is 16.0. The average molecular weight is 395 g/mol. The number of aromatic hydroxyl groups is 1. The van der Waals surface area contributed by atoms with Crippen LogP contribution in [0.2, 0.25) is 0 Å². The highest BCUT2D eigenvalue weighted by molar-refractivity contribution is 5.99. The molecule has 8 heteroatoms. The van der Waals surface area contributed by atoms with Gasteiger partial charge in [0, 0.05) is 25.3 Å². The third-order valence-corrected chi connectivity index (χ3v) is 6.04. The third kappa shape index (κ3) is 2.66. The maximum Gasteiger partial charge on any atom is 0.276 e. The number of fused-ring (bicyclic) bond motifs is 3. The van der Waals surface area contributed by atoms with Crippen molar-refractivity contribution in [2.45, 2.75) is 45.2 Å². The first-order chi connectivity index (χ1) is 14.0. The van der Waals surface area contributed by atoms with Gasteiger partial charge in [0.05, 0.1) is 13.2 Å². The molecule has 0 unspecified atom stereocenters. The minimum Gasteiger partial charge on any atom is -0.503 e. The molecule has 8 nitrogen and oxygen atoms in total. The maximum atomic E-state index is 13.1. The summed E-state index contributed by atoms with van der Waals surface area (Å²) in [4.78, 5) is 41.9. The van der Waals surface area contributed by atoms with Crippen molar-refractivity contribution in [1.29, 1.82) is 0 Å². The minimum absolute atomic E-state index is 0.0473. The Labute approximate surface area is 166 Å². The van der Waals surface area contributed by atoms with Gasteiger partial charge in [-0.05, 0) is 24.5 Å². The molecule has 2 atom stereocenters. The van der Waals surface area contributed by atoms with Crippen molar-refractivity contribution < 1.29 is 19.4 Å². The molecule has 3 aliphatic rings. The quantitative estimate of drug-likeness (QED) is 0.786. The molecule has 1 aromatic carbocycles. The molecule has 0 bridgehead atoms. The van der Waals surface area contributed by atoms with Crippen molar-refractivity contribution in [3.8, 4) is 5.75 Å². The van der Waals surface area contributed by atoms with Gasteiger partial charge in [-0.15, -0.1) is 0 Å². The van der Waals surface area contributed by atoms with Crippen LogP contribution in [0.4, 0.5) is 0 Å². The van der Waals surface area contributed by atoms with Crippen LogP contribution >= 0.6 is 0 Å². The number of rotatable bonds is 1. The van der Waals surface area contributed by atoms with E-state index in [9.17, 15) is 19.5 Å². The summed E-state index contributed by atoms with van der Waals surface area (Å²) in [6, 6.07) is 7.68. The zero-order valence-electron chi connectivity index (χ0n) is 16.0. The number of ether oxygens (including phenoxy) is 1. The summed E-state index contributed by atoms with van der Waals surface area (Å²) in [6.07, 6.45) is 1.61. The van der Waals surface area contributed by atoms with Gasteiger partial charge >= 0.3 is 0 Å². The standard InChI is InChI=1S/C21H21N3O5/c1-12-6-7-29-16-11-22-10-15(18(25)19(26)17(22)21(28)24(12)16)20(27)23-8-13-4-2-3-5-14(13)9-23/h2-5,10,12,16,26H,6-9,11H2,1H3/t12-,16+/m1/s1. The Hall–Kier alpha value is -3.13. The monoisotopic (exact) mass is 395 g/mol. The van der Waals surface area contributed by atoms with Crippen LogP contribution in [-0.4, -0.2) is 50.2 Å². The molecule has 0 saturated carbocycles. The van der Waals surface area contributed by atoms with E-state index >= 15 is 0 Å². The van der Waals surface area contributed by atoms with Crippen molar-refractivity contribution in [2.75, 3.05) is 6.61 Å². The summed E-state index contributed by atoms with van der Waals surface area (Å²) in [7, 11) is 0. The lowest BCUT2D eigenvalue weighted by Gasteiger charge is -2.44. The van der Waals surface area contributed by atoms with Gasteiger partial charge < -0.3 is 24.2 Å². The normalized spacial score (nSPS) is 22.9. The summed E-state index contributed by atoms with van der Waals surface area (Å²) in [5.41, 5.74) is 1.06. The van der Waals surface area contributed by atoms with Crippen LogP contribution in [0.1, 0.15) is 45.3 Å². The van der Waals surface area contributed by atoms with Crippen LogP contribution < -0.4 is 5.43 Å². The van der Waals surface area contributed by atoms with Crippen molar-refractivity contribution in [1.82, 2.24) is 14.4 Å². The highest BCUT2D eigenvalue weighted by Crippen LogP contribution is 2.30. The number of hydrogen-bond donors (Lipinski definition) is 1. The fraction of sp³-hybridized carbons (Fsp3) is 0.381. The minimum atomic E-state index is -0.811. The number of amides is 2. The number of nitrogens with zero attached hydrogens (tertiary/aromatic N) is 3. The smallest absolute Gasteiger partial charge is 0.276 e. The molecule has 0 radical (unpaired) electrons. The second-order valence-electron chi connectivity index (χ2n) is 7.83. The largest absolute Gasteiger partial charge is 0.503 e. The second-order valence-corrected chi connectivity index (χ2v) is 7.83. The Kier molecular flexibility index (Phi) is 3.99. The van der Waals surface area contributed by atoms with Gasteiger partial charge in [0.25, 0.3) is 11.8 Å². The average Bonchev–Trinajstić information content (AvgIpc) is 3.14. The highest BCUT2D eigenvalue weighted by Gasteiger charge is 2.41. The molecule has 1 N–H and O–H groups in total. The van der Waals surface area contributed by atoms with Crippen LogP contribution in [0, 0.1) is 0 Å². The summed E-state index contributed by atoms with van der Waals surface area (Å²) in [6.45, 7) is 3.54. The van der Waals surface area contributed by atoms with Crippen LogP contribution in [0.15, 0.2) is 35.3 Å². The van der Waals surface area contributed by atoms with Crippen molar-refractivity contribution in [2.24, 2.45) is 0 Å². The first-order valence-electron chi connectivity index (χ1n) is 9.72. The van der Waals surface area contributed by atoms with Gasteiger partial charge in [-0.25, -0.2) is 0 Å². The Balaban J connectivity index is 1.52. The zero-order chi connectivity index (χ0) is 20.3. The fourth-order valence-electron chi connectivity index (χ4n) is 4.46. The molecule has 0 aliphatic carbocycles. The molecule has 1 fully saturated rings. The van der Waals surface area contributed by atoms with E-state index in [2.05, 4.69) is 0 Å². The molecule has 2 amide bonds. The van der Waals surface area contributed by atoms with E-state index in [-0.39, 0.29) is 23.8 Å². The van der Waals surface area contributed by atoms with Gasteiger partial charge in [-0.3, -0.25) is 14.4 Å². The Bertz CT molecular complexity index is 1070. The van der Waals surface area contributed by atoms with Gasteiger partial charge in [-0.1, -0.05) is 24.3 Å². The SMILES string of the molecule is C[C@@H]1CCO[C@H]2Cn3cc(C(=O)N4Cc5ccccc5C4)c(=O)c(O)c3C(=O)N12. The Morgan fingerprint density at radius 2 is 1.86 bits per heavy atom. The summed E-state index contributed by atoms with van der Waals surface area (Å²) in [5.74, 6) is -1.57. The van der Waals surface area contributed by atoms with E-state index in [1.807, 2.05) is 31.2 Å². The lowest BCUT2D eigenvalue weighted by atomic mass is 10.1. The number of carbonyl (C=O) groups excluding carboxylic acids is 2. The molecule has 150 valence electrons. The first-order valence-corrected chi connectivity index (χ1v) is 9.72. The molecular formula is C21H21N3O5. The third-order valence-electron chi connectivity index (χ3n) is 6.04. The van der Waals surface area contributed by atoms with Crippen molar-refractivity contribution in [3.63, 3.8) is 0 Å².